The van der Waals surface area contributed by atoms with Gasteiger partial charge in [0.25, 0.3) is 0 Å². The molecule has 0 bridgehead atoms. The molecule has 1 aromatic carbocycles. The van der Waals surface area contributed by atoms with Crippen LogP contribution in [0.5, 0.6) is 0 Å². The molecule has 0 N–H and O–H groups in total. The molecule has 0 radical (unpaired) electrons. The monoisotopic (exact) mass is 238 g/mol. The van der Waals surface area contributed by atoms with E-state index in [-0.39, 0.29) is 0 Å². The summed E-state index contributed by atoms with van der Waals surface area (Å²) in [5, 5.41) is 0. The van der Waals surface area contributed by atoms with E-state index in [1.165, 1.54) is 24.8 Å². The summed E-state index contributed by atoms with van der Waals surface area (Å²) in [7, 11) is 0. The average molecular weight is 239 g/mol. The van der Waals surface area contributed by atoms with Crippen LogP contribution in [-0.4, -0.2) is 0 Å². The molecule has 0 amide bonds. The van der Waals surface area contributed by atoms with Crippen LogP contribution < -0.4 is 0 Å². The topological polar surface area (TPSA) is 0 Å². The van der Waals surface area contributed by atoms with E-state index in [2.05, 4.69) is 53.2 Å². The fourth-order valence-electron chi connectivity index (χ4n) is 1.92. The van der Waals surface area contributed by atoms with E-state index in [1.807, 2.05) is 0 Å². The van der Waals surface area contributed by atoms with E-state index in [0.717, 1.165) is 0 Å². The van der Waals surface area contributed by atoms with Gasteiger partial charge in [-0.05, 0) is 30.2 Å². The van der Waals surface area contributed by atoms with Crippen molar-refractivity contribution in [2.24, 2.45) is 5.41 Å². The van der Waals surface area contributed by atoms with Crippen molar-refractivity contribution in [3.63, 3.8) is 0 Å². The summed E-state index contributed by atoms with van der Waals surface area (Å²) in [4.78, 5) is 0.561. The molecule has 0 nitrogen and oxygen atoms in total. The Labute approximate surface area is 88.5 Å². The van der Waals surface area contributed by atoms with Gasteiger partial charge in [0.05, 0.1) is 0 Å². The van der Waals surface area contributed by atoms with E-state index in [4.69, 9.17) is 0 Å². The molecule has 1 aliphatic rings. The van der Waals surface area contributed by atoms with Gasteiger partial charge in [-0.3, -0.25) is 0 Å². The molecular formula is C12H15Br. The predicted molar refractivity (Wildman–Crippen MR) is 60.1 cm³/mol. The second-order valence-corrected chi connectivity index (χ2v) is 4.90. The number of benzene rings is 1. The molecule has 1 unspecified atom stereocenters. The zero-order chi connectivity index (χ0) is 9.31. The Morgan fingerprint density at radius 1 is 1.31 bits per heavy atom. The Morgan fingerprint density at radius 2 is 1.92 bits per heavy atom. The Bertz CT molecular complexity index is 274. The maximum atomic E-state index is 3.83. The van der Waals surface area contributed by atoms with Gasteiger partial charge in [0.2, 0.25) is 0 Å². The zero-order valence-electron chi connectivity index (χ0n) is 7.96. The highest BCUT2D eigenvalue weighted by Crippen LogP contribution is 2.60. The number of hydrogen-bond donors (Lipinski definition) is 0. The van der Waals surface area contributed by atoms with Crippen molar-refractivity contribution < 1.29 is 0 Å². The SMILES string of the molecule is CCC1(C(Br)c2ccccc2)CC1. The number of rotatable bonds is 3. The van der Waals surface area contributed by atoms with Crippen LogP contribution in [0.15, 0.2) is 30.3 Å². The van der Waals surface area contributed by atoms with Gasteiger partial charge < -0.3 is 0 Å². The fraction of sp³-hybridized carbons (Fsp3) is 0.500. The molecule has 0 aliphatic heterocycles. The van der Waals surface area contributed by atoms with Crippen molar-refractivity contribution in [2.45, 2.75) is 31.0 Å². The molecule has 2 rings (SSSR count). The summed E-state index contributed by atoms with van der Waals surface area (Å²) in [6.07, 6.45) is 4.06. The molecule has 1 aliphatic carbocycles. The minimum atomic E-state index is 0.561. The van der Waals surface area contributed by atoms with Crippen molar-refractivity contribution in [2.75, 3.05) is 0 Å². The third kappa shape index (κ3) is 1.67. The summed E-state index contributed by atoms with van der Waals surface area (Å²) < 4.78 is 0. The van der Waals surface area contributed by atoms with E-state index in [1.54, 1.807) is 0 Å². The van der Waals surface area contributed by atoms with Crippen LogP contribution in [0.1, 0.15) is 36.6 Å². The van der Waals surface area contributed by atoms with Gasteiger partial charge in [0, 0.05) is 4.83 Å². The van der Waals surface area contributed by atoms with Crippen LogP contribution in [0.25, 0.3) is 0 Å². The lowest BCUT2D eigenvalue weighted by molar-refractivity contribution is 0.484. The van der Waals surface area contributed by atoms with E-state index >= 15 is 0 Å². The van der Waals surface area contributed by atoms with Gasteiger partial charge in [-0.15, -0.1) is 0 Å². The van der Waals surface area contributed by atoms with Crippen LogP contribution >= 0.6 is 15.9 Å². The lowest BCUT2D eigenvalue weighted by Gasteiger charge is -2.20. The molecular weight excluding hydrogens is 224 g/mol. The van der Waals surface area contributed by atoms with Gasteiger partial charge in [-0.1, -0.05) is 53.2 Å². The molecule has 0 saturated heterocycles. The number of halogens is 1. The molecule has 1 aromatic rings. The molecule has 0 heterocycles. The van der Waals surface area contributed by atoms with Crippen LogP contribution in [0.3, 0.4) is 0 Å². The van der Waals surface area contributed by atoms with E-state index < -0.39 is 0 Å². The Kier molecular flexibility index (Phi) is 2.46. The highest BCUT2D eigenvalue weighted by atomic mass is 79.9. The Balaban J connectivity index is 2.18. The average Bonchev–Trinajstić information content (AvgIpc) is 2.99. The second kappa shape index (κ2) is 3.45. The first-order valence-electron chi connectivity index (χ1n) is 4.97. The molecule has 0 aromatic heterocycles. The molecule has 70 valence electrons. The summed E-state index contributed by atoms with van der Waals surface area (Å²) in [6, 6.07) is 10.8. The van der Waals surface area contributed by atoms with Crippen molar-refractivity contribution in [1.82, 2.24) is 0 Å². The smallest absolute Gasteiger partial charge is 0.0451 e. The largest absolute Gasteiger partial charge is 0.0833 e. The maximum Gasteiger partial charge on any atom is 0.0451 e. The van der Waals surface area contributed by atoms with Crippen LogP contribution in [0, 0.1) is 5.41 Å². The highest BCUT2D eigenvalue weighted by Gasteiger charge is 2.46. The third-order valence-electron chi connectivity index (χ3n) is 3.23. The lowest BCUT2D eigenvalue weighted by Crippen LogP contribution is -2.06. The third-order valence-corrected chi connectivity index (χ3v) is 4.73. The standard InChI is InChI=1S/C12H15Br/c1-2-12(8-9-12)11(13)10-6-4-3-5-7-10/h3-7,11H,2,8-9H2,1H3. The molecule has 1 fully saturated rings. The van der Waals surface area contributed by atoms with E-state index in [0.29, 0.717) is 10.2 Å². The minimum Gasteiger partial charge on any atom is -0.0833 e. The lowest BCUT2D eigenvalue weighted by atomic mass is 9.94. The van der Waals surface area contributed by atoms with Gasteiger partial charge >= 0.3 is 0 Å². The Morgan fingerprint density at radius 3 is 2.38 bits per heavy atom. The quantitative estimate of drug-likeness (QED) is 0.689. The van der Waals surface area contributed by atoms with Gasteiger partial charge in [0.1, 0.15) is 0 Å². The highest BCUT2D eigenvalue weighted by molar-refractivity contribution is 9.09. The molecule has 1 saturated carbocycles. The van der Waals surface area contributed by atoms with Crippen molar-refractivity contribution in [3.8, 4) is 0 Å². The first-order chi connectivity index (χ1) is 6.28. The summed E-state index contributed by atoms with van der Waals surface area (Å²) in [5.41, 5.74) is 2.00. The second-order valence-electron chi connectivity index (χ2n) is 3.99. The van der Waals surface area contributed by atoms with Crippen molar-refractivity contribution in [1.29, 1.82) is 0 Å². The Hall–Kier alpha value is -0.300. The summed E-state index contributed by atoms with van der Waals surface area (Å²) in [5.74, 6) is 0. The van der Waals surface area contributed by atoms with Crippen LogP contribution in [0.2, 0.25) is 0 Å². The number of hydrogen-bond acceptors (Lipinski definition) is 0. The molecule has 0 spiro atoms. The van der Waals surface area contributed by atoms with Crippen molar-refractivity contribution >= 4 is 15.9 Å². The summed E-state index contributed by atoms with van der Waals surface area (Å²) >= 11 is 3.83. The van der Waals surface area contributed by atoms with Gasteiger partial charge in [-0.2, -0.15) is 0 Å². The number of alkyl halides is 1. The zero-order valence-corrected chi connectivity index (χ0v) is 9.55. The van der Waals surface area contributed by atoms with Gasteiger partial charge in [-0.25, -0.2) is 0 Å². The first kappa shape index (κ1) is 9.26. The summed E-state index contributed by atoms with van der Waals surface area (Å²) in [6.45, 7) is 2.30. The van der Waals surface area contributed by atoms with Crippen LogP contribution in [0.4, 0.5) is 0 Å². The predicted octanol–water partition coefficient (Wildman–Crippen LogP) is 4.31. The fourth-order valence-corrected chi connectivity index (χ4v) is 3.01. The molecule has 1 atom stereocenters. The van der Waals surface area contributed by atoms with Crippen LogP contribution in [-0.2, 0) is 0 Å². The van der Waals surface area contributed by atoms with Gasteiger partial charge in [0.15, 0.2) is 0 Å². The molecule has 1 heteroatoms. The van der Waals surface area contributed by atoms with E-state index in [9.17, 15) is 0 Å². The maximum absolute atomic E-state index is 3.83. The normalized spacial score (nSPS) is 21.1. The minimum absolute atomic E-state index is 0.561. The van der Waals surface area contributed by atoms with Crippen molar-refractivity contribution in [3.05, 3.63) is 35.9 Å². The first-order valence-corrected chi connectivity index (χ1v) is 5.89. The molecule has 13 heavy (non-hydrogen) atoms.